The number of carboxylic acid groups (broad SMARTS) is 1. The third-order valence-corrected chi connectivity index (χ3v) is 4.62. The Balaban J connectivity index is 2.24. The molecule has 2 rings (SSSR count). The molecule has 0 aromatic carbocycles. The van der Waals surface area contributed by atoms with Crippen LogP contribution in [-0.2, 0) is 6.42 Å². The van der Waals surface area contributed by atoms with Gasteiger partial charge in [-0.25, -0.2) is 4.79 Å². The van der Waals surface area contributed by atoms with Gasteiger partial charge in [0.25, 0.3) is 0 Å². The van der Waals surface area contributed by atoms with Crippen LogP contribution in [0.15, 0.2) is 10.3 Å². The van der Waals surface area contributed by atoms with Gasteiger partial charge < -0.3 is 5.11 Å². The van der Waals surface area contributed by atoms with Gasteiger partial charge in [0.05, 0.1) is 4.21 Å². The van der Waals surface area contributed by atoms with Crippen LogP contribution >= 0.6 is 23.1 Å². The Bertz CT molecular complexity index is 353. The van der Waals surface area contributed by atoms with E-state index in [-0.39, 0.29) is 0 Å². The van der Waals surface area contributed by atoms with Crippen LogP contribution in [0.1, 0.15) is 28.1 Å². The van der Waals surface area contributed by atoms with Crippen molar-refractivity contribution in [2.75, 3.05) is 6.26 Å². The second kappa shape index (κ2) is 3.95. The zero-order valence-corrected chi connectivity index (χ0v) is 9.58. The van der Waals surface area contributed by atoms with Crippen molar-refractivity contribution in [3.63, 3.8) is 0 Å². The molecule has 0 saturated heterocycles. The van der Waals surface area contributed by atoms with Gasteiger partial charge in [0.1, 0.15) is 4.88 Å². The molecule has 14 heavy (non-hydrogen) atoms. The summed E-state index contributed by atoms with van der Waals surface area (Å²) in [5.74, 6) is -0.0247. The van der Waals surface area contributed by atoms with E-state index in [1.807, 2.05) is 12.3 Å². The number of carbonyl (C=O) groups is 1. The highest BCUT2D eigenvalue weighted by molar-refractivity contribution is 8.00. The number of hydrogen-bond acceptors (Lipinski definition) is 3. The van der Waals surface area contributed by atoms with E-state index in [9.17, 15) is 4.79 Å². The molecule has 1 fully saturated rings. The van der Waals surface area contributed by atoms with Crippen molar-refractivity contribution < 1.29 is 9.90 Å². The van der Waals surface area contributed by atoms with E-state index in [1.54, 1.807) is 11.8 Å². The van der Waals surface area contributed by atoms with Crippen molar-refractivity contribution in [2.24, 2.45) is 5.92 Å². The Hall–Kier alpha value is -0.480. The molecule has 4 heteroatoms. The standard InChI is InChI=1S/C10H12O2S2/c1-13-8-5-7(4-6-2-3-6)9(14-8)10(11)12/h5-6H,2-4H2,1H3,(H,11,12). The average Bonchev–Trinajstić information content (AvgIpc) is 2.83. The minimum atomic E-state index is -0.772. The quantitative estimate of drug-likeness (QED) is 0.804. The van der Waals surface area contributed by atoms with Crippen molar-refractivity contribution in [3.05, 3.63) is 16.5 Å². The Kier molecular flexibility index (Phi) is 2.83. The molecule has 1 saturated carbocycles. The third-order valence-electron chi connectivity index (χ3n) is 2.39. The first-order valence-corrected chi connectivity index (χ1v) is 6.65. The monoisotopic (exact) mass is 228 g/mol. The fourth-order valence-corrected chi connectivity index (χ4v) is 3.08. The van der Waals surface area contributed by atoms with E-state index in [0.29, 0.717) is 4.88 Å². The van der Waals surface area contributed by atoms with Crippen LogP contribution in [0.5, 0.6) is 0 Å². The minimum Gasteiger partial charge on any atom is -0.477 e. The maximum Gasteiger partial charge on any atom is 0.346 e. The maximum atomic E-state index is 11.0. The molecule has 1 aromatic heterocycles. The summed E-state index contributed by atoms with van der Waals surface area (Å²) in [6.07, 6.45) is 5.48. The highest BCUT2D eigenvalue weighted by Gasteiger charge is 2.25. The van der Waals surface area contributed by atoms with E-state index >= 15 is 0 Å². The van der Waals surface area contributed by atoms with Gasteiger partial charge in [0.15, 0.2) is 0 Å². The smallest absolute Gasteiger partial charge is 0.346 e. The Labute approximate surface area is 91.3 Å². The lowest BCUT2D eigenvalue weighted by Crippen LogP contribution is -1.98. The van der Waals surface area contributed by atoms with E-state index in [1.165, 1.54) is 24.2 Å². The van der Waals surface area contributed by atoms with Gasteiger partial charge in [-0.05, 0) is 43.1 Å². The molecule has 1 heterocycles. The zero-order valence-electron chi connectivity index (χ0n) is 7.95. The second-order valence-corrected chi connectivity index (χ2v) is 5.74. The fourth-order valence-electron chi connectivity index (χ4n) is 1.47. The van der Waals surface area contributed by atoms with Gasteiger partial charge in [-0.15, -0.1) is 23.1 Å². The van der Waals surface area contributed by atoms with Crippen LogP contribution in [0.25, 0.3) is 0 Å². The van der Waals surface area contributed by atoms with Gasteiger partial charge in [-0.2, -0.15) is 0 Å². The van der Waals surface area contributed by atoms with Crippen molar-refractivity contribution in [3.8, 4) is 0 Å². The van der Waals surface area contributed by atoms with Gasteiger partial charge in [0, 0.05) is 0 Å². The summed E-state index contributed by atoms with van der Waals surface area (Å²) in [4.78, 5) is 11.5. The van der Waals surface area contributed by atoms with Gasteiger partial charge in [0.2, 0.25) is 0 Å². The van der Waals surface area contributed by atoms with Crippen LogP contribution in [0.2, 0.25) is 0 Å². The van der Waals surface area contributed by atoms with Crippen LogP contribution < -0.4 is 0 Å². The minimum absolute atomic E-state index is 0.543. The largest absolute Gasteiger partial charge is 0.477 e. The number of thioether (sulfide) groups is 1. The summed E-state index contributed by atoms with van der Waals surface area (Å²) in [6, 6.07) is 2.04. The van der Waals surface area contributed by atoms with Crippen LogP contribution in [0, 0.1) is 5.92 Å². The van der Waals surface area contributed by atoms with Crippen LogP contribution in [-0.4, -0.2) is 17.3 Å². The first kappa shape index (κ1) is 10.1. The SMILES string of the molecule is CSc1cc(CC2CC2)c(C(=O)O)s1. The zero-order chi connectivity index (χ0) is 10.1. The lowest BCUT2D eigenvalue weighted by atomic mass is 10.1. The molecule has 0 aliphatic heterocycles. The molecule has 76 valence electrons. The molecule has 0 unspecified atom stereocenters. The van der Waals surface area contributed by atoms with Gasteiger partial charge >= 0.3 is 5.97 Å². The number of carboxylic acids is 1. The third kappa shape index (κ3) is 2.12. The molecule has 1 N–H and O–H groups in total. The molecule has 2 nitrogen and oxygen atoms in total. The number of aromatic carboxylic acids is 1. The summed E-state index contributed by atoms with van der Waals surface area (Å²) in [6.45, 7) is 0. The molecule has 1 aliphatic carbocycles. The number of thiophene rings is 1. The lowest BCUT2D eigenvalue weighted by molar-refractivity contribution is 0.0701. The predicted octanol–water partition coefficient (Wildman–Crippen LogP) is 3.12. The van der Waals surface area contributed by atoms with E-state index in [2.05, 4.69) is 0 Å². The van der Waals surface area contributed by atoms with E-state index in [0.717, 1.165) is 22.1 Å². The molecule has 0 bridgehead atoms. The number of hydrogen-bond donors (Lipinski definition) is 1. The normalized spacial score (nSPS) is 15.8. The summed E-state index contributed by atoms with van der Waals surface area (Å²) in [5.41, 5.74) is 1.04. The summed E-state index contributed by atoms with van der Waals surface area (Å²) in [7, 11) is 0. The topological polar surface area (TPSA) is 37.3 Å². The number of rotatable bonds is 4. The first-order chi connectivity index (χ1) is 6.70. The summed E-state index contributed by atoms with van der Waals surface area (Å²) < 4.78 is 1.11. The Morgan fingerprint density at radius 3 is 2.93 bits per heavy atom. The Morgan fingerprint density at radius 1 is 1.71 bits per heavy atom. The fraction of sp³-hybridized carbons (Fsp3) is 0.500. The second-order valence-electron chi connectivity index (χ2n) is 3.58. The van der Waals surface area contributed by atoms with Crippen LogP contribution in [0.3, 0.4) is 0 Å². The van der Waals surface area contributed by atoms with Crippen molar-refractivity contribution in [1.29, 1.82) is 0 Å². The van der Waals surface area contributed by atoms with Crippen LogP contribution in [0.4, 0.5) is 0 Å². The molecule has 0 radical (unpaired) electrons. The van der Waals surface area contributed by atoms with Gasteiger partial charge in [-0.1, -0.05) is 0 Å². The van der Waals surface area contributed by atoms with E-state index in [4.69, 9.17) is 5.11 Å². The lowest BCUT2D eigenvalue weighted by Gasteiger charge is -1.96. The highest BCUT2D eigenvalue weighted by atomic mass is 32.2. The average molecular weight is 228 g/mol. The van der Waals surface area contributed by atoms with Crippen molar-refractivity contribution in [1.82, 2.24) is 0 Å². The molecule has 0 spiro atoms. The molecule has 1 aliphatic rings. The maximum absolute atomic E-state index is 11.0. The summed E-state index contributed by atoms with van der Waals surface area (Å²) in [5, 5.41) is 9.01. The molecule has 1 aromatic rings. The Morgan fingerprint density at radius 2 is 2.43 bits per heavy atom. The summed E-state index contributed by atoms with van der Waals surface area (Å²) >= 11 is 3.02. The van der Waals surface area contributed by atoms with E-state index < -0.39 is 5.97 Å². The van der Waals surface area contributed by atoms with Crippen molar-refractivity contribution in [2.45, 2.75) is 23.5 Å². The molecule has 0 amide bonds. The van der Waals surface area contributed by atoms with Crippen molar-refractivity contribution >= 4 is 29.1 Å². The first-order valence-electron chi connectivity index (χ1n) is 4.60. The molecular formula is C10H12O2S2. The predicted molar refractivity (Wildman–Crippen MR) is 59.5 cm³/mol. The molecule has 0 atom stereocenters. The van der Waals surface area contributed by atoms with Gasteiger partial charge in [-0.3, -0.25) is 0 Å². The highest BCUT2D eigenvalue weighted by Crippen LogP contribution is 2.37. The molecular weight excluding hydrogens is 216 g/mol.